The summed E-state index contributed by atoms with van der Waals surface area (Å²) in [6, 6.07) is 9.87. The highest BCUT2D eigenvalue weighted by atomic mass is 19.1. The first-order valence-electron chi connectivity index (χ1n) is 8.43. The van der Waals surface area contributed by atoms with Gasteiger partial charge in [-0.3, -0.25) is 10.1 Å². The molecule has 6 nitrogen and oxygen atoms in total. The predicted molar refractivity (Wildman–Crippen MR) is 96.1 cm³/mol. The van der Waals surface area contributed by atoms with E-state index in [0.717, 1.165) is 48.7 Å². The second kappa shape index (κ2) is 6.23. The molecule has 0 radical (unpaired) electrons. The molecular formula is C18H19FN4O2. The van der Waals surface area contributed by atoms with Gasteiger partial charge in [0.2, 0.25) is 0 Å². The van der Waals surface area contributed by atoms with Gasteiger partial charge in [-0.05, 0) is 36.8 Å². The second-order valence-corrected chi connectivity index (χ2v) is 6.34. The number of fused-ring (bicyclic) bond motifs is 1. The highest BCUT2D eigenvalue weighted by Gasteiger charge is 2.29. The zero-order valence-corrected chi connectivity index (χ0v) is 13.7. The van der Waals surface area contributed by atoms with Crippen molar-refractivity contribution in [1.82, 2.24) is 0 Å². The summed E-state index contributed by atoms with van der Waals surface area (Å²) in [6.07, 6.45) is 0.810. The lowest BCUT2D eigenvalue weighted by molar-refractivity contribution is -0.384. The Kier molecular flexibility index (Phi) is 3.91. The molecule has 0 spiro atoms. The largest absolute Gasteiger partial charge is 0.384 e. The maximum absolute atomic E-state index is 13.1. The van der Waals surface area contributed by atoms with E-state index in [1.54, 1.807) is 24.3 Å². The molecular weight excluding hydrogens is 323 g/mol. The maximum atomic E-state index is 13.1. The molecule has 2 aliphatic rings. The van der Waals surface area contributed by atoms with Crippen molar-refractivity contribution in [3.05, 3.63) is 57.9 Å². The second-order valence-electron chi connectivity index (χ2n) is 6.34. The summed E-state index contributed by atoms with van der Waals surface area (Å²) in [7, 11) is 0. The van der Waals surface area contributed by atoms with Crippen molar-refractivity contribution < 1.29 is 9.31 Å². The molecule has 1 fully saturated rings. The van der Waals surface area contributed by atoms with Crippen LogP contribution < -0.4 is 15.1 Å². The summed E-state index contributed by atoms with van der Waals surface area (Å²) in [4.78, 5) is 15.5. The van der Waals surface area contributed by atoms with Gasteiger partial charge in [0.15, 0.2) is 0 Å². The number of halogens is 1. The highest BCUT2D eigenvalue weighted by Crippen LogP contribution is 2.40. The van der Waals surface area contributed by atoms with E-state index in [4.69, 9.17) is 0 Å². The van der Waals surface area contributed by atoms with E-state index in [1.165, 1.54) is 12.1 Å². The van der Waals surface area contributed by atoms with Crippen LogP contribution in [0.25, 0.3) is 0 Å². The fourth-order valence-corrected chi connectivity index (χ4v) is 3.71. The van der Waals surface area contributed by atoms with Gasteiger partial charge in [-0.2, -0.15) is 0 Å². The van der Waals surface area contributed by atoms with E-state index >= 15 is 0 Å². The molecule has 130 valence electrons. The minimum atomic E-state index is -0.291. The van der Waals surface area contributed by atoms with E-state index in [2.05, 4.69) is 15.1 Å². The van der Waals surface area contributed by atoms with Crippen LogP contribution in [0.15, 0.2) is 36.4 Å². The number of nitrogens with zero attached hydrogens (tertiary/aromatic N) is 3. The Labute approximate surface area is 145 Å². The molecule has 2 aliphatic heterocycles. The predicted octanol–water partition coefficient (Wildman–Crippen LogP) is 3.03. The van der Waals surface area contributed by atoms with Crippen LogP contribution in [0.4, 0.5) is 27.1 Å². The van der Waals surface area contributed by atoms with Crippen LogP contribution in [0.1, 0.15) is 5.56 Å². The highest BCUT2D eigenvalue weighted by molar-refractivity contribution is 5.78. The number of rotatable bonds is 3. The van der Waals surface area contributed by atoms with Gasteiger partial charge >= 0.3 is 0 Å². The van der Waals surface area contributed by atoms with E-state index in [9.17, 15) is 14.5 Å². The van der Waals surface area contributed by atoms with Crippen molar-refractivity contribution in [3.63, 3.8) is 0 Å². The van der Waals surface area contributed by atoms with Crippen molar-refractivity contribution >= 4 is 22.7 Å². The van der Waals surface area contributed by atoms with Crippen molar-refractivity contribution in [1.29, 1.82) is 0 Å². The zero-order valence-electron chi connectivity index (χ0n) is 13.7. The van der Waals surface area contributed by atoms with Crippen molar-refractivity contribution in [2.45, 2.75) is 6.42 Å². The number of nitro groups is 1. The van der Waals surface area contributed by atoms with Crippen LogP contribution in [0.3, 0.4) is 0 Å². The molecule has 25 heavy (non-hydrogen) atoms. The molecule has 1 saturated heterocycles. The Hall–Kier alpha value is -2.83. The molecule has 1 N–H and O–H groups in total. The Morgan fingerprint density at radius 2 is 1.68 bits per heavy atom. The summed E-state index contributed by atoms with van der Waals surface area (Å²) in [5.41, 5.74) is 3.96. The molecule has 0 saturated carbocycles. The SMILES string of the molecule is O=[N+]([O-])c1ccc2c(c1N1CCN(c3ccc(F)cc3)CC1)CCN2. The van der Waals surface area contributed by atoms with Gasteiger partial charge in [-0.15, -0.1) is 0 Å². The maximum Gasteiger partial charge on any atom is 0.292 e. The fraction of sp³-hybridized carbons (Fsp3) is 0.333. The molecule has 0 atom stereocenters. The number of anilines is 3. The number of hydrogen-bond acceptors (Lipinski definition) is 5. The van der Waals surface area contributed by atoms with Crippen molar-refractivity contribution in [2.75, 3.05) is 47.8 Å². The first kappa shape index (κ1) is 15.7. The normalized spacial score (nSPS) is 16.5. The zero-order chi connectivity index (χ0) is 17.4. The molecule has 0 unspecified atom stereocenters. The van der Waals surface area contributed by atoms with E-state index < -0.39 is 0 Å². The van der Waals surface area contributed by atoms with Crippen LogP contribution >= 0.6 is 0 Å². The quantitative estimate of drug-likeness (QED) is 0.686. The van der Waals surface area contributed by atoms with E-state index in [0.29, 0.717) is 13.1 Å². The smallest absolute Gasteiger partial charge is 0.292 e. The summed E-state index contributed by atoms with van der Waals surface area (Å²) in [6.45, 7) is 3.72. The molecule has 7 heteroatoms. The average molecular weight is 342 g/mol. The Morgan fingerprint density at radius 1 is 1.00 bits per heavy atom. The van der Waals surface area contributed by atoms with Crippen LogP contribution in [0.2, 0.25) is 0 Å². The minimum Gasteiger partial charge on any atom is -0.384 e. The lowest BCUT2D eigenvalue weighted by Crippen LogP contribution is -2.47. The van der Waals surface area contributed by atoms with Gasteiger partial charge in [0, 0.05) is 55.7 Å². The molecule has 0 amide bonds. The lowest BCUT2D eigenvalue weighted by Gasteiger charge is -2.37. The third-order valence-electron chi connectivity index (χ3n) is 4.94. The summed E-state index contributed by atoms with van der Waals surface area (Å²) in [5.74, 6) is -0.245. The molecule has 2 aromatic carbocycles. The molecule has 0 aliphatic carbocycles. The topological polar surface area (TPSA) is 61.7 Å². The van der Waals surface area contributed by atoms with Crippen molar-refractivity contribution in [3.8, 4) is 0 Å². The van der Waals surface area contributed by atoms with Crippen LogP contribution in [-0.4, -0.2) is 37.6 Å². The van der Waals surface area contributed by atoms with Gasteiger partial charge < -0.3 is 15.1 Å². The van der Waals surface area contributed by atoms with Crippen LogP contribution in [0, 0.1) is 15.9 Å². The number of nitrogens with one attached hydrogen (secondary N) is 1. The fourth-order valence-electron chi connectivity index (χ4n) is 3.71. The number of hydrogen-bond donors (Lipinski definition) is 1. The Balaban J connectivity index is 1.58. The third-order valence-corrected chi connectivity index (χ3v) is 4.94. The van der Waals surface area contributed by atoms with Gasteiger partial charge in [0.1, 0.15) is 11.5 Å². The first-order chi connectivity index (χ1) is 12.1. The first-order valence-corrected chi connectivity index (χ1v) is 8.43. The van der Waals surface area contributed by atoms with Crippen LogP contribution in [-0.2, 0) is 6.42 Å². The minimum absolute atomic E-state index is 0.178. The molecule has 0 aromatic heterocycles. The van der Waals surface area contributed by atoms with Gasteiger partial charge in [-0.1, -0.05) is 0 Å². The molecule has 0 bridgehead atoms. The average Bonchev–Trinajstić information content (AvgIpc) is 3.10. The van der Waals surface area contributed by atoms with E-state index in [1.807, 2.05) is 0 Å². The third kappa shape index (κ3) is 2.86. The van der Waals surface area contributed by atoms with E-state index in [-0.39, 0.29) is 16.4 Å². The Morgan fingerprint density at radius 3 is 2.36 bits per heavy atom. The summed E-state index contributed by atoms with van der Waals surface area (Å²) in [5, 5.41) is 14.8. The van der Waals surface area contributed by atoms with Gasteiger partial charge in [0.05, 0.1) is 4.92 Å². The molecule has 2 aromatic rings. The number of piperazine rings is 1. The summed E-state index contributed by atoms with van der Waals surface area (Å²) >= 11 is 0. The van der Waals surface area contributed by atoms with Crippen LogP contribution in [0.5, 0.6) is 0 Å². The van der Waals surface area contributed by atoms with Gasteiger partial charge in [-0.25, -0.2) is 4.39 Å². The number of benzene rings is 2. The van der Waals surface area contributed by atoms with Gasteiger partial charge in [0.25, 0.3) is 5.69 Å². The molecule has 4 rings (SSSR count). The lowest BCUT2D eigenvalue weighted by atomic mass is 10.1. The van der Waals surface area contributed by atoms with Crippen molar-refractivity contribution in [2.24, 2.45) is 0 Å². The number of nitro benzene ring substituents is 1. The Bertz CT molecular complexity index is 801. The summed E-state index contributed by atoms with van der Waals surface area (Å²) < 4.78 is 13.1. The standard InChI is InChI=1S/C18H19FN4O2/c19-13-1-3-14(4-2-13)21-9-11-22(12-10-21)18-15-7-8-20-16(15)5-6-17(18)23(24)25/h1-6,20H,7-12H2. The monoisotopic (exact) mass is 342 g/mol. The molecule has 2 heterocycles.